The van der Waals surface area contributed by atoms with E-state index in [0.717, 1.165) is 44.6 Å². The normalized spacial score (nSPS) is 19.4. The van der Waals surface area contributed by atoms with Crippen LogP contribution in [-0.2, 0) is 17.8 Å². The van der Waals surface area contributed by atoms with Crippen LogP contribution >= 0.6 is 0 Å². The predicted molar refractivity (Wildman–Crippen MR) is 121 cm³/mol. The molecule has 0 bridgehead atoms. The Balaban J connectivity index is 1.52. The van der Waals surface area contributed by atoms with E-state index in [2.05, 4.69) is 69.8 Å². The molecule has 0 saturated carbocycles. The van der Waals surface area contributed by atoms with Gasteiger partial charge >= 0.3 is 0 Å². The molecule has 1 saturated heterocycles. The highest BCUT2D eigenvalue weighted by atomic mass is 16.2. The van der Waals surface area contributed by atoms with E-state index < -0.39 is 5.41 Å². The number of likely N-dealkylation sites (tertiary alicyclic amines) is 1. The molecule has 0 spiro atoms. The van der Waals surface area contributed by atoms with Crippen LogP contribution in [0.4, 0.5) is 0 Å². The fourth-order valence-electron chi connectivity index (χ4n) is 4.59. The molecule has 4 nitrogen and oxygen atoms in total. The van der Waals surface area contributed by atoms with Crippen molar-refractivity contribution in [2.24, 2.45) is 5.41 Å². The molecule has 1 aliphatic heterocycles. The largest absolute Gasteiger partial charge is 0.359 e. The van der Waals surface area contributed by atoms with Crippen LogP contribution in [0.3, 0.4) is 0 Å². The Morgan fingerprint density at radius 2 is 1.73 bits per heavy atom. The Labute approximate surface area is 179 Å². The van der Waals surface area contributed by atoms with Gasteiger partial charge in [0.1, 0.15) is 0 Å². The number of aromatic nitrogens is 1. The van der Waals surface area contributed by atoms with E-state index in [4.69, 9.17) is 0 Å². The summed E-state index contributed by atoms with van der Waals surface area (Å²) < 4.78 is 0. The zero-order chi connectivity index (χ0) is 20.8. The average Bonchev–Trinajstić information content (AvgIpc) is 2.80. The lowest BCUT2D eigenvalue weighted by atomic mass is 9.74. The Hall–Kier alpha value is -2.98. The molecule has 3 aromatic rings. The standard InChI is InChI=1S/C26H29N3O/c1-27-25(30)26(15-7-17-29(20-26)19-24-10-5-6-16-28-24)18-21-11-13-23(14-12-21)22-8-3-2-4-9-22/h2-6,8-14,16H,7,15,17-20H2,1H3,(H,27,30)/t26-/m1/s1. The van der Waals surface area contributed by atoms with Gasteiger partial charge in [0.15, 0.2) is 0 Å². The zero-order valence-electron chi connectivity index (χ0n) is 17.6. The molecule has 0 radical (unpaired) electrons. The van der Waals surface area contributed by atoms with Gasteiger partial charge in [-0.15, -0.1) is 0 Å². The summed E-state index contributed by atoms with van der Waals surface area (Å²) in [4.78, 5) is 19.9. The average molecular weight is 400 g/mol. The third-order valence-electron chi connectivity index (χ3n) is 6.08. The van der Waals surface area contributed by atoms with Crippen molar-refractivity contribution < 1.29 is 4.79 Å². The van der Waals surface area contributed by atoms with Gasteiger partial charge in [-0.25, -0.2) is 0 Å². The van der Waals surface area contributed by atoms with Crippen LogP contribution in [0, 0.1) is 5.41 Å². The maximum atomic E-state index is 13.0. The van der Waals surface area contributed by atoms with Gasteiger partial charge in [0.25, 0.3) is 0 Å². The van der Waals surface area contributed by atoms with Crippen molar-refractivity contribution in [2.45, 2.75) is 25.8 Å². The molecule has 1 atom stereocenters. The number of rotatable bonds is 6. The molecule has 1 amide bonds. The second kappa shape index (κ2) is 9.23. The summed E-state index contributed by atoms with van der Waals surface area (Å²) in [5.74, 6) is 0.139. The van der Waals surface area contributed by atoms with Crippen molar-refractivity contribution >= 4 is 5.91 Å². The van der Waals surface area contributed by atoms with Crippen molar-refractivity contribution in [2.75, 3.05) is 20.1 Å². The van der Waals surface area contributed by atoms with Gasteiger partial charge < -0.3 is 5.32 Å². The molecule has 1 fully saturated rings. The lowest BCUT2D eigenvalue weighted by Crippen LogP contribution is -2.52. The number of nitrogens with zero attached hydrogens (tertiary/aromatic N) is 2. The highest BCUT2D eigenvalue weighted by Crippen LogP contribution is 2.35. The van der Waals surface area contributed by atoms with Gasteiger partial charge in [-0.3, -0.25) is 14.7 Å². The predicted octanol–water partition coefficient (Wildman–Crippen LogP) is 4.32. The number of nitrogens with one attached hydrogen (secondary N) is 1. The summed E-state index contributed by atoms with van der Waals surface area (Å²) >= 11 is 0. The number of hydrogen-bond donors (Lipinski definition) is 1. The highest BCUT2D eigenvalue weighted by Gasteiger charge is 2.41. The van der Waals surface area contributed by atoms with Gasteiger partial charge in [-0.2, -0.15) is 0 Å². The summed E-state index contributed by atoms with van der Waals surface area (Å²) in [6, 6.07) is 25.1. The van der Waals surface area contributed by atoms with Crippen LogP contribution < -0.4 is 5.32 Å². The molecular formula is C26H29N3O. The summed E-state index contributed by atoms with van der Waals surface area (Å²) in [7, 11) is 1.75. The number of amides is 1. The molecule has 1 aromatic heterocycles. The van der Waals surface area contributed by atoms with E-state index in [1.54, 1.807) is 7.05 Å². The van der Waals surface area contributed by atoms with Gasteiger partial charge in [-0.1, -0.05) is 60.7 Å². The first-order valence-corrected chi connectivity index (χ1v) is 10.7. The molecule has 4 rings (SSSR count). The minimum absolute atomic E-state index is 0.139. The maximum Gasteiger partial charge on any atom is 0.227 e. The van der Waals surface area contributed by atoms with E-state index >= 15 is 0 Å². The van der Waals surface area contributed by atoms with Crippen molar-refractivity contribution in [1.29, 1.82) is 0 Å². The molecule has 0 aliphatic carbocycles. The minimum Gasteiger partial charge on any atom is -0.359 e. The highest BCUT2D eigenvalue weighted by molar-refractivity contribution is 5.83. The third-order valence-corrected chi connectivity index (χ3v) is 6.08. The quantitative estimate of drug-likeness (QED) is 0.671. The first-order chi connectivity index (χ1) is 14.7. The van der Waals surface area contributed by atoms with Crippen LogP contribution in [-0.4, -0.2) is 35.9 Å². The lowest BCUT2D eigenvalue weighted by molar-refractivity contribution is -0.134. The maximum absolute atomic E-state index is 13.0. The van der Waals surface area contributed by atoms with Crippen LogP contribution in [0.5, 0.6) is 0 Å². The van der Waals surface area contributed by atoms with E-state index in [-0.39, 0.29) is 5.91 Å². The third kappa shape index (κ3) is 4.60. The molecule has 4 heteroatoms. The summed E-state index contributed by atoms with van der Waals surface area (Å²) in [5, 5.41) is 2.94. The SMILES string of the molecule is CNC(=O)[C@@]1(Cc2ccc(-c3ccccc3)cc2)CCCN(Cc2ccccn2)C1. The topological polar surface area (TPSA) is 45.2 Å². The van der Waals surface area contributed by atoms with Crippen molar-refractivity contribution in [1.82, 2.24) is 15.2 Å². The minimum atomic E-state index is -0.407. The molecule has 2 heterocycles. The Kier molecular flexibility index (Phi) is 6.24. The van der Waals surface area contributed by atoms with Crippen molar-refractivity contribution in [3.8, 4) is 11.1 Å². The molecule has 30 heavy (non-hydrogen) atoms. The van der Waals surface area contributed by atoms with E-state index in [1.165, 1.54) is 16.7 Å². The van der Waals surface area contributed by atoms with Gasteiger partial charge in [0.2, 0.25) is 5.91 Å². The van der Waals surface area contributed by atoms with Crippen LogP contribution in [0.15, 0.2) is 79.0 Å². The van der Waals surface area contributed by atoms with Crippen LogP contribution in [0.2, 0.25) is 0 Å². The second-order valence-corrected chi connectivity index (χ2v) is 8.23. The zero-order valence-corrected chi connectivity index (χ0v) is 17.6. The summed E-state index contributed by atoms with van der Waals surface area (Å²) in [6.07, 6.45) is 4.51. The summed E-state index contributed by atoms with van der Waals surface area (Å²) in [6.45, 7) is 2.54. The number of carbonyl (C=O) groups is 1. The Morgan fingerprint density at radius 1 is 1.00 bits per heavy atom. The molecule has 1 N–H and O–H groups in total. The Morgan fingerprint density at radius 3 is 2.43 bits per heavy atom. The fraction of sp³-hybridized carbons (Fsp3) is 0.308. The molecule has 2 aromatic carbocycles. The molecule has 154 valence electrons. The first kappa shape index (κ1) is 20.3. The Bertz CT molecular complexity index is 957. The molecule has 1 aliphatic rings. The van der Waals surface area contributed by atoms with E-state index in [1.807, 2.05) is 24.4 Å². The van der Waals surface area contributed by atoms with E-state index in [0.29, 0.717) is 0 Å². The summed E-state index contributed by atoms with van der Waals surface area (Å²) in [5.41, 5.74) is 4.27. The molecular weight excluding hydrogens is 370 g/mol. The number of carbonyl (C=O) groups excluding carboxylic acids is 1. The van der Waals surface area contributed by atoms with Gasteiger partial charge in [-0.05, 0) is 54.6 Å². The monoisotopic (exact) mass is 399 g/mol. The first-order valence-electron chi connectivity index (χ1n) is 10.7. The smallest absolute Gasteiger partial charge is 0.227 e. The van der Waals surface area contributed by atoms with Crippen LogP contribution in [0.25, 0.3) is 11.1 Å². The van der Waals surface area contributed by atoms with Crippen molar-refractivity contribution in [3.05, 3.63) is 90.3 Å². The fourth-order valence-corrected chi connectivity index (χ4v) is 4.59. The van der Waals surface area contributed by atoms with Crippen molar-refractivity contribution in [3.63, 3.8) is 0 Å². The van der Waals surface area contributed by atoms with Crippen LogP contribution in [0.1, 0.15) is 24.1 Å². The lowest BCUT2D eigenvalue weighted by Gasteiger charge is -2.41. The number of benzene rings is 2. The number of hydrogen-bond acceptors (Lipinski definition) is 3. The number of pyridine rings is 1. The van der Waals surface area contributed by atoms with E-state index in [9.17, 15) is 4.79 Å². The number of piperidine rings is 1. The second-order valence-electron chi connectivity index (χ2n) is 8.23. The molecule has 0 unspecified atom stereocenters. The van der Waals surface area contributed by atoms with Gasteiger partial charge in [0.05, 0.1) is 11.1 Å². The van der Waals surface area contributed by atoms with Gasteiger partial charge in [0, 0.05) is 26.3 Å².